The summed E-state index contributed by atoms with van der Waals surface area (Å²) in [6.07, 6.45) is 3.08. The molecular weight excluding hydrogens is 388 g/mol. The molecule has 3 rings (SSSR count). The van der Waals surface area contributed by atoms with Crippen LogP contribution in [-0.4, -0.2) is 35.2 Å². The molecule has 1 unspecified atom stereocenters. The average Bonchev–Trinajstić information content (AvgIpc) is 3.21. The molecule has 1 atom stereocenters. The number of nitrogens with zero attached hydrogens (tertiary/aromatic N) is 2. The van der Waals surface area contributed by atoms with E-state index in [9.17, 15) is 9.59 Å². The van der Waals surface area contributed by atoms with Crippen LogP contribution in [0.4, 0.5) is 5.13 Å². The molecule has 7 nitrogen and oxygen atoms in total. The molecule has 1 heterocycles. The molecule has 0 bridgehead atoms. The highest BCUT2D eigenvalue weighted by molar-refractivity contribution is 7.18. The number of nitrogens with one attached hydrogen (secondary N) is 2. The van der Waals surface area contributed by atoms with Crippen LogP contribution >= 0.6 is 11.3 Å². The summed E-state index contributed by atoms with van der Waals surface area (Å²) in [6.45, 7) is 1.61. The number of methoxy groups -OCH3 is 1. The van der Waals surface area contributed by atoms with Crippen molar-refractivity contribution in [1.29, 1.82) is 0 Å². The highest BCUT2D eigenvalue weighted by Gasteiger charge is 2.17. The van der Waals surface area contributed by atoms with E-state index in [1.54, 1.807) is 20.1 Å². The zero-order chi connectivity index (χ0) is 20.6. The van der Waals surface area contributed by atoms with Gasteiger partial charge in [-0.15, -0.1) is 10.2 Å². The Bertz CT molecular complexity index is 1000. The van der Waals surface area contributed by atoms with Gasteiger partial charge in [-0.05, 0) is 42.8 Å². The molecular formula is C21H20N4O3S. The first-order valence-electron chi connectivity index (χ1n) is 8.87. The van der Waals surface area contributed by atoms with E-state index in [0.29, 0.717) is 10.1 Å². The predicted molar refractivity (Wildman–Crippen MR) is 114 cm³/mol. The minimum atomic E-state index is -0.726. The van der Waals surface area contributed by atoms with E-state index in [1.807, 2.05) is 54.6 Å². The summed E-state index contributed by atoms with van der Waals surface area (Å²) in [5.74, 6) is 0.0225. The van der Waals surface area contributed by atoms with Crippen molar-refractivity contribution in [2.45, 2.75) is 13.0 Å². The molecule has 8 heteroatoms. The smallest absolute Gasteiger partial charge is 0.248 e. The molecule has 2 aromatic carbocycles. The second-order valence-corrected chi connectivity index (χ2v) is 7.08. The van der Waals surface area contributed by atoms with Crippen LogP contribution in [0.3, 0.4) is 0 Å². The minimum absolute atomic E-state index is 0.354. The van der Waals surface area contributed by atoms with E-state index in [0.717, 1.165) is 16.9 Å². The molecule has 0 saturated carbocycles. The molecule has 2 N–H and O–H groups in total. The van der Waals surface area contributed by atoms with Crippen molar-refractivity contribution in [3.05, 3.63) is 66.2 Å². The van der Waals surface area contributed by atoms with Gasteiger partial charge in [-0.2, -0.15) is 0 Å². The van der Waals surface area contributed by atoms with E-state index in [2.05, 4.69) is 20.8 Å². The van der Waals surface area contributed by atoms with E-state index < -0.39 is 6.04 Å². The fraction of sp³-hybridized carbons (Fsp3) is 0.143. The molecule has 0 aliphatic heterocycles. The summed E-state index contributed by atoms with van der Waals surface area (Å²) >= 11 is 1.25. The summed E-state index contributed by atoms with van der Waals surface area (Å²) < 4.78 is 5.13. The van der Waals surface area contributed by atoms with Gasteiger partial charge in [0.1, 0.15) is 16.8 Å². The second kappa shape index (κ2) is 9.61. The Labute approximate surface area is 172 Å². The van der Waals surface area contributed by atoms with E-state index in [-0.39, 0.29) is 11.8 Å². The summed E-state index contributed by atoms with van der Waals surface area (Å²) in [6, 6.07) is 16.1. The normalized spacial score (nSPS) is 11.8. The first-order chi connectivity index (χ1) is 14.0. The molecule has 0 radical (unpaired) electrons. The Balaban J connectivity index is 1.54. The van der Waals surface area contributed by atoms with Gasteiger partial charge in [0.05, 0.1) is 7.11 Å². The van der Waals surface area contributed by atoms with Crippen molar-refractivity contribution < 1.29 is 14.3 Å². The summed E-state index contributed by atoms with van der Waals surface area (Å²) in [7, 11) is 1.60. The van der Waals surface area contributed by atoms with Crippen molar-refractivity contribution in [1.82, 2.24) is 15.5 Å². The minimum Gasteiger partial charge on any atom is -0.497 e. The number of aromatic nitrogens is 2. The molecule has 0 aliphatic rings. The lowest BCUT2D eigenvalue weighted by molar-refractivity contribution is -0.123. The van der Waals surface area contributed by atoms with Crippen LogP contribution in [0.15, 0.2) is 60.7 Å². The third kappa shape index (κ3) is 5.73. The van der Waals surface area contributed by atoms with Crippen molar-refractivity contribution in [2.24, 2.45) is 0 Å². The van der Waals surface area contributed by atoms with Crippen molar-refractivity contribution in [3.63, 3.8) is 0 Å². The van der Waals surface area contributed by atoms with E-state index in [4.69, 9.17) is 4.74 Å². The Kier molecular flexibility index (Phi) is 6.70. The third-order valence-corrected chi connectivity index (χ3v) is 4.86. The molecule has 0 aliphatic carbocycles. The number of amides is 2. The topological polar surface area (TPSA) is 93.2 Å². The lowest BCUT2D eigenvalue weighted by Gasteiger charge is -2.11. The highest BCUT2D eigenvalue weighted by Crippen LogP contribution is 2.27. The van der Waals surface area contributed by atoms with Crippen LogP contribution in [0.25, 0.3) is 16.6 Å². The SMILES string of the molecule is COc1ccc(-c2nnc(NC(=O)C(C)NC(=O)C=Cc3ccccc3)s2)cc1. The zero-order valence-electron chi connectivity index (χ0n) is 16.0. The largest absolute Gasteiger partial charge is 0.497 e. The van der Waals surface area contributed by atoms with Crippen LogP contribution < -0.4 is 15.4 Å². The molecule has 0 fully saturated rings. The van der Waals surface area contributed by atoms with E-state index in [1.165, 1.54) is 17.4 Å². The summed E-state index contributed by atoms with van der Waals surface area (Å²) in [5, 5.41) is 14.4. The maximum Gasteiger partial charge on any atom is 0.248 e. The first-order valence-corrected chi connectivity index (χ1v) is 9.69. The maximum atomic E-state index is 12.3. The van der Waals surface area contributed by atoms with Gasteiger partial charge in [-0.25, -0.2) is 0 Å². The number of ether oxygens (including phenoxy) is 1. The van der Waals surface area contributed by atoms with Gasteiger partial charge in [0.25, 0.3) is 0 Å². The number of anilines is 1. The lowest BCUT2D eigenvalue weighted by atomic mass is 10.2. The van der Waals surface area contributed by atoms with Gasteiger partial charge in [0.2, 0.25) is 16.9 Å². The maximum absolute atomic E-state index is 12.3. The van der Waals surface area contributed by atoms with Gasteiger partial charge < -0.3 is 10.1 Å². The zero-order valence-corrected chi connectivity index (χ0v) is 16.8. The third-order valence-electron chi connectivity index (χ3n) is 3.97. The monoisotopic (exact) mass is 408 g/mol. The number of hydrogen-bond donors (Lipinski definition) is 2. The predicted octanol–water partition coefficient (Wildman–Crippen LogP) is 3.37. The Morgan fingerprint density at radius 3 is 2.48 bits per heavy atom. The van der Waals surface area contributed by atoms with Crippen LogP contribution in [0.2, 0.25) is 0 Å². The number of benzene rings is 2. The lowest BCUT2D eigenvalue weighted by Crippen LogP contribution is -2.40. The summed E-state index contributed by atoms with van der Waals surface area (Å²) in [5.41, 5.74) is 1.77. The van der Waals surface area contributed by atoms with E-state index >= 15 is 0 Å². The van der Waals surface area contributed by atoms with Gasteiger partial charge >= 0.3 is 0 Å². The Morgan fingerprint density at radius 1 is 1.07 bits per heavy atom. The number of carbonyl (C=O) groups excluding carboxylic acids is 2. The molecule has 0 spiro atoms. The van der Waals surface area contributed by atoms with Crippen molar-refractivity contribution in [2.75, 3.05) is 12.4 Å². The molecule has 1 aromatic heterocycles. The Morgan fingerprint density at radius 2 is 1.79 bits per heavy atom. The number of carbonyl (C=O) groups is 2. The van der Waals surface area contributed by atoms with Gasteiger partial charge in [-0.3, -0.25) is 14.9 Å². The number of hydrogen-bond acceptors (Lipinski definition) is 6. The number of rotatable bonds is 7. The molecule has 29 heavy (non-hydrogen) atoms. The van der Waals surface area contributed by atoms with Crippen LogP contribution in [0.1, 0.15) is 12.5 Å². The molecule has 148 valence electrons. The Hall–Kier alpha value is -3.52. The van der Waals surface area contributed by atoms with Crippen LogP contribution in [0, 0.1) is 0 Å². The second-order valence-electron chi connectivity index (χ2n) is 6.10. The van der Waals surface area contributed by atoms with Crippen LogP contribution in [0.5, 0.6) is 5.75 Å². The fourth-order valence-corrected chi connectivity index (χ4v) is 3.15. The van der Waals surface area contributed by atoms with Crippen molar-refractivity contribution in [3.8, 4) is 16.3 Å². The molecule has 0 saturated heterocycles. The summed E-state index contributed by atoms with van der Waals surface area (Å²) in [4.78, 5) is 24.3. The van der Waals surface area contributed by atoms with Crippen molar-refractivity contribution >= 4 is 34.4 Å². The highest BCUT2D eigenvalue weighted by atomic mass is 32.1. The average molecular weight is 408 g/mol. The van der Waals surface area contributed by atoms with Gasteiger partial charge in [0.15, 0.2) is 0 Å². The fourth-order valence-electron chi connectivity index (χ4n) is 2.40. The quantitative estimate of drug-likeness (QED) is 0.585. The first kappa shape index (κ1) is 20.2. The standard InChI is InChI=1S/C21H20N4O3S/c1-14(22-18(26)13-8-15-6-4-3-5-7-15)19(27)23-21-25-24-20(29-21)16-9-11-17(28-2)12-10-16/h3-14H,1-2H3,(H,22,26)(H,23,25,27). The van der Waals surface area contributed by atoms with Gasteiger partial charge in [0, 0.05) is 11.6 Å². The van der Waals surface area contributed by atoms with Gasteiger partial charge in [-0.1, -0.05) is 41.7 Å². The van der Waals surface area contributed by atoms with Crippen LogP contribution in [-0.2, 0) is 9.59 Å². The molecule has 2 amide bonds. The molecule has 3 aromatic rings.